The molecule has 1 saturated heterocycles. The van der Waals surface area contributed by atoms with E-state index >= 15 is 0 Å². The fourth-order valence-electron chi connectivity index (χ4n) is 3.10. The molecule has 1 spiro atoms. The minimum absolute atomic E-state index is 0.00295. The van der Waals surface area contributed by atoms with Gasteiger partial charge >= 0.3 is 0 Å². The first-order chi connectivity index (χ1) is 9.77. The zero-order valence-corrected chi connectivity index (χ0v) is 12.1. The van der Waals surface area contributed by atoms with Crippen LogP contribution in [0.2, 0.25) is 0 Å². The van der Waals surface area contributed by atoms with E-state index in [-0.39, 0.29) is 18.0 Å². The molecule has 0 radical (unpaired) electrons. The van der Waals surface area contributed by atoms with Gasteiger partial charge in [0.2, 0.25) is 0 Å². The molecule has 0 aromatic heterocycles. The Labute approximate surface area is 121 Å². The van der Waals surface area contributed by atoms with Crippen molar-refractivity contribution in [2.45, 2.75) is 63.6 Å². The first kappa shape index (κ1) is 13.8. The van der Waals surface area contributed by atoms with Gasteiger partial charge in [-0.15, -0.1) is 0 Å². The van der Waals surface area contributed by atoms with E-state index in [2.05, 4.69) is 24.0 Å². The van der Waals surface area contributed by atoms with E-state index in [9.17, 15) is 0 Å². The molecular weight excluding hydrogens is 250 g/mol. The lowest BCUT2D eigenvalue weighted by molar-refractivity contribution is -0.188. The van der Waals surface area contributed by atoms with Crippen LogP contribution in [0.25, 0.3) is 0 Å². The summed E-state index contributed by atoms with van der Waals surface area (Å²) in [6.45, 7) is 2.79. The molecule has 2 atom stereocenters. The van der Waals surface area contributed by atoms with Crippen molar-refractivity contribution in [2.75, 3.05) is 0 Å². The average molecular weight is 273 g/mol. The molecule has 3 nitrogen and oxygen atoms in total. The Morgan fingerprint density at radius 2 is 1.90 bits per heavy atom. The van der Waals surface area contributed by atoms with Gasteiger partial charge in [-0.2, -0.15) is 0 Å². The van der Waals surface area contributed by atoms with E-state index in [1.54, 1.807) is 0 Å². The molecule has 0 bridgehead atoms. The summed E-state index contributed by atoms with van der Waals surface area (Å²) in [5.41, 5.74) is 1.22. The van der Waals surface area contributed by atoms with Gasteiger partial charge in [-0.1, -0.05) is 36.8 Å². The number of nitrogens with zero attached hydrogens (tertiary/aromatic N) is 1. The molecule has 1 aliphatic carbocycles. The lowest BCUT2D eigenvalue weighted by Crippen LogP contribution is -2.33. The fourth-order valence-corrected chi connectivity index (χ4v) is 3.10. The number of rotatable bonds is 3. The zero-order chi connectivity index (χ0) is 13.8. The minimum atomic E-state index is -0.318. The summed E-state index contributed by atoms with van der Waals surface area (Å²) in [6.07, 6.45) is 7.81. The van der Waals surface area contributed by atoms with Crippen LogP contribution in [0.4, 0.5) is 0 Å². The van der Waals surface area contributed by atoms with Crippen molar-refractivity contribution < 1.29 is 9.47 Å². The smallest absolute Gasteiger partial charge is 0.169 e. The summed E-state index contributed by atoms with van der Waals surface area (Å²) in [6, 6.07) is 10.3. The number of aliphatic imine (C=N–C) groups is 1. The normalized spacial score (nSPS) is 29.2. The Kier molecular flexibility index (Phi) is 4.18. The van der Waals surface area contributed by atoms with Gasteiger partial charge in [0.15, 0.2) is 5.79 Å². The van der Waals surface area contributed by atoms with Crippen molar-refractivity contribution in [2.24, 2.45) is 4.99 Å². The number of hydrogen-bond donors (Lipinski definition) is 0. The van der Waals surface area contributed by atoms with Crippen molar-refractivity contribution in [3.05, 3.63) is 35.9 Å². The zero-order valence-electron chi connectivity index (χ0n) is 12.1. The Bertz CT molecular complexity index is 451. The summed E-state index contributed by atoms with van der Waals surface area (Å²) in [4.78, 5) is 4.52. The van der Waals surface area contributed by atoms with Gasteiger partial charge in [-0.05, 0) is 25.3 Å². The van der Waals surface area contributed by atoms with Crippen LogP contribution in [0.1, 0.15) is 44.6 Å². The van der Waals surface area contributed by atoms with E-state index in [1.165, 1.54) is 24.8 Å². The van der Waals surface area contributed by atoms with E-state index < -0.39 is 0 Å². The van der Waals surface area contributed by atoms with Crippen LogP contribution >= 0.6 is 0 Å². The molecule has 1 aliphatic heterocycles. The number of ether oxygens (including phenoxy) is 2. The van der Waals surface area contributed by atoms with Crippen molar-refractivity contribution in [1.82, 2.24) is 0 Å². The fraction of sp³-hybridized carbons (Fsp3) is 0.588. The molecule has 3 rings (SSSR count). The Hall–Kier alpha value is -1.19. The minimum Gasteiger partial charge on any atom is -0.344 e. The first-order valence-corrected chi connectivity index (χ1v) is 7.67. The largest absolute Gasteiger partial charge is 0.344 e. The molecule has 1 aromatic carbocycles. The lowest BCUT2D eigenvalue weighted by atomic mass is 9.94. The third kappa shape index (κ3) is 3.10. The van der Waals surface area contributed by atoms with Gasteiger partial charge < -0.3 is 9.47 Å². The van der Waals surface area contributed by atoms with Crippen LogP contribution in [0.15, 0.2) is 35.3 Å². The van der Waals surface area contributed by atoms with Gasteiger partial charge in [0.25, 0.3) is 0 Å². The molecule has 0 amide bonds. The highest BCUT2D eigenvalue weighted by molar-refractivity contribution is 5.64. The molecule has 0 unspecified atom stereocenters. The lowest BCUT2D eigenvalue weighted by Gasteiger charge is -2.31. The van der Waals surface area contributed by atoms with Gasteiger partial charge in [-0.25, -0.2) is 0 Å². The van der Waals surface area contributed by atoms with Crippen LogP contribution in [0.5, 0.6) is 0 Å². The summed E-state index contributed by atoms with van der Waals surface area (Å²) >= 11 is 0. The Balaban J connectivity index is 1.57. The van der Waals surface area contributed by atoms with Gasteiger partial charge in [0, 0.05) is 19.1 Å². The van der Waals surface area contributed by atoms with Crippen LogP contribution in [0, 0.1) is 0 Å². The summed E-state index contributed by atoms with van der Waals surface area (Å²) in [5.74, 6) is -0.318. The Morgan fingerprint density at radius 1 is 1.15 bits per heavy atom. The molecule has 20 heavy (non-hydrogen) atoms. The van der Waals surface area contributed by atoms with Crippen molar-refractivity contribution in [3.8, 4) is 0 Å². The highest BCUT2D eigenvalue weighted by Gasteiger charge is 2.45. The molecule has 1 heterocycles. The van der Waals surface area contributed by atoms with Crippen LogP contribution in [-0.2, 0) is 16.0 Å². The SMILES string of the molecule is C[C@H]1OC2(CCCCC2)O[C@@H]1C=NCc1ccccc1. The van der Waals surface area contributed by atoms with E-state index in [0.29, 0.717) is 6.54 Å². The highest BCUT2D eigenvalue weighted by atomic mass is 16.8. The van der Waals surface area contributed by atoms with Crippen LogP contribution in [0.3, 0.4) is 0 Å². The maximum Gasteiger partial charge on any atom is 0.169 e. The van der Waals surface area contributed by atoms with Crippen LogP contribution in [-0.4, -0.2) is 24.2 Å². The average Bonchev–Trinajstić information content (AvgIpc) is 2.77. The van der Waals surface area contributed by atoms with Crippen molar-refractivity contribution in [1.29, 1.82) is 0 Å². The molecule has 0 N–H and O–H groups in total. The van der Waals surface area contributed by atoms with Crippen LogP contribution < -0.4 is 0 Å². The number of hydrogen-bond acceptors (Lipinski definition) is 3. The molecular formula is C17H23NO2. The second-order valence-electron chi connectivity index (χ2n) is 5.85. The number of benzene rings is 1. The summed E-state index contributed by atoms with van der Waals surface area (Å²) < 4.78 is 12.3. The van der Waals surface area contributed by atoms with E-state index in [1.807, 2.05) is 24.4 Å². The van der Waals surface area contributed by atoms with E-state index in [0.717, 1.165) is 12.8 Å². The molecule has 2 fully saturated rings. The van der Waals surface area contributed by atoms with Crippen molar-refractivity contribution in [3.63, 3.8) is 0 Å². The summed E-state index contributed by atoms with van der Waals surface area (Å²) in [5, 5.41) is 0. The molecule has 1 aromatic rings. The predicted octanol–water partition coefficient (Wildman–Crippen LogP) is 3.72. The topological polar surface area (TPSA) is 30.8 Å². The van der Waals surface area contributed by atoms with Gasteiger partial charge in [-0.3, -0.25) is 4.99 Å². The van der Waals surface area contributed by atoms with Gasteiger partial charge in [0.05, 0.1) is 12.6 Å². The van der Waals surface area contributed by atoms with Crippen molar-refractivity contribution >= 4 is 6.21 Å². The molecule has 1 saturated carbocycles. The van der Waals surface area contributed by atoms with Gasteiger partial charge in [0.1, 0.15) is 6.10 Å². The Morgan fingerprint density at radius 3 is 2.65 bits per heavy atom. The molecule has 108 valence electrons. The maximum atomic E-state index is 6.17. The molecule has 3 heteroatoms. The standard InChI is InChI=1S/C17H23NO2/c1-14-16(13-18-12-15-8-4-2-5-9-15)20-17(19-14)10-6-3-7-11-17/h2,4-5,8-9,13-14,16H,3,6-7,10-12H2,1H3/t14-,16-/m1/s1. The second-order valence-corrected chi connectivity index (χ2v) is 5.85. The monoisotopic (exact) mass is 273 g/mol. The summed E-state index contributed by atoms with van der Waals surface area (Å²) in [7, 11) is 0. The van der Waals surface area contributed by atoms with E-state index in [4.69, 9.17) is 9.47 Å². The first-order valence-electron chi connectivity index (χ1n) is 7.67. The third-order valence-electron chi connectivity index (χ3n) is 4.20. The maximum absolute atomic E-state index is 6.17. The predicted molar refractivity (Wildman–Crippen MR) is 79.9 cm³/mol. The highest BCUT2D eigenvalue weighted by Crippen LogP contribution is 2.39. The molecule has 2 aliphatic rings. The third-order valence-corrected chi connectivity index (χ3v) is 4.20. The quantitative estimate of drug-likeness (QED) is 0.786. The second kappa shape index (κ2) is 6.06.